The van der Waals surface area contributed by atoms with E-state index in [1.54, 1.807) is 6.92 Å². The van der Waals surface area contributed by atoms with Crippen LogP contribution in [0.4, 0.5) is 0 Å². The highest BCUT2D eigenvalue weighted by molar-refractivity contribution is 7.90. The highest BCUT2D eigenvalue weighted by Crippen LogP contribution is 1.99. The lowest BCUT2D eigenvalue weighted by atomic mass is 10.2. The number of aromatic nitrogens is 1. The smallest absolute Gasteiger partial charge is 0.341 e. The molecule has 0 spiro atoms. The summed E-state index contributed by atoms with van der Waals surface area (Å²) < 4.78 is 23.2. The zero-order valence-corrected chi connectivity index (χ0v) is 10.3. The lowest BCUT2D eigenvalue weighted by Crippen LogP contribution is -2.30. The highest BCUT2D eigenvalue weighted by Gasteiger charge is 2.13. The molecule has 0 radical (unpaired) electrons. The molecule has 1 aromatic heterocycles. The van der Waals surface area contributed by atoms with Crippen LogP contribution in [0.15, 0.2) is 16.9 Å². The van der Waals surface area contributed by atoms with Gasteiger partial charge in [0.1, 0.15) is 15.4 Å². The van der Waals surface area contributed by atoms with Gasteiger partial charge in [-0.2, -0.15) is 0 Å². The van der Waals surface area contributed by atoms with Gasteiger partial charge in [0.15, 0.2) is 0 Å². The number of hydrogen-bond donors (Lipinski definition) is 1. The maximum atomic E-state index is 11.7. The first kappa shape index (κ1) is 13.4. The number of carbonyl (C=O) groups is 1. The van der Waals surface area contributed by atoms with Gasteiger partial charge in [-0.3, -0.25) is 4.79 Å². The van der Waals surface area contributed by atoms with Crippen LogP contribution in [0.1, 0.15) is 16.1 Å². The topological polar surface area (TPSA) is 93.4 Å². The van der Waals surface area contributed by atoms with Crippen molar-refractivity contribution in [3.05, 3.63) is 33.7 Å². The van der Waals surface area contributed by atoms with Crippen molar-refractivity contribution in [2.75, 3.05) is 12.0 Å². The van der Waals surface area contributed by atoms with E-state index in [0.29, 0.717) is 5.69 Å². The summed E-state index contributed by atoms with van der Waals surface area (Å²) >= 11 is 0. The number of aryl methyl sites for hydroxylation is 1. The quantitative estimate of drug-likeness (QED) is 0.815. The van der Waals surface area contributed by atoms with E-state index in [0.717, 1.165) is 10.8 Å². The second-order valence-electron chi connectivity index (χ2n) is 3.78. The maximum Gasteiger partial charge on any atom is 0.341 e. The minimum Gasteiger partial charge on any atom is -0.477 e. The van der Waals surface area contributed by atoms with Crippen molar-refractivity contribution < 1.29 is 18.3 Å². The van der Waals surface area contributed by atoms with Gasteiger partial charge < -0.3 is 9.67 Å². The second kappa shape index (κ2) is 4.70. The molecule has 0 aromatic carbocycles. The molecule has 7 heteroatoms. The van der Waals surface area contributed by atoms with Gasteiger partial charge in [-0.1, -0.05) is 0 Å². The minimum absolute atomic E-state index is 0.0371. The molecule has 0 fully saturated rings. The van der Waals surface area contributed by atoms with E-state index >= 15 is 0 Å². The molecule has 0 aliphatic carbocycles. The van der Waals surface area contributed by atoms with E-state index < -0.39 is 21.4 Å². The van der Waals surface area contributed by atoms with E-state index in [1.165, 1.54) is 12.1 Å². The minimum atomic E-state index is -3.20. The first-order valence-corrected chi connectivity index (χ1v) is 6.90. The average molecular weight is 259 g/mol. The molecule has 0 saturated carbocycles. The Morgan fingerprint density at radius 2 is 2.00 bits per heavy atom. The Bertz CT molecular complexity index is 600. The van der Waals surface area contributed by atoms with Crippen LogP contribution in [0.25, 0.3) is 0 Å². The Labute approximate surface area is 98.4 Å². The van der Waals surface area contributed by atoms with Crippen LogP contribution < -0.4 is 5.56 Å². The van der Waals surface area contributed by atoms with Crippen LogP contribution in [-0.2, 0) is 16.4 Å². The summed E-state index contributed by atoms with van der Waals surface area (Å²) in [5.74, 6) is -1.51. The molecule has 0 aliphatic rings. The molecular weight excluding hydrogens is 246 g/mol. The molecule has 1 N–H and O–H groups in total. The Hall–Kier alpha value is -1.63. The first-order valence-electron chi connectivity index (χ1n) is 4.84. The number of nitrogens with zero attached hydrogens (tertiary/aromatic N) is 1. The Kier molecular flexibility index (Phi) is 3.72. The van der Waals surface area contributed by atoms with Crippen molar-refractivity contribution >= 4 is 15.8 Å². The van der Waals surface area contributed by atoms with Crippen molar-refractivity contribution in [3.8, 4) is 0 Å². The second-order valence-corrected chi connectivity index (χ2v) is 6.04. The number of pyridine rings is 1. The normalized spacial score (nSPS) is 11.4. The van der Waals surface area contributed by atoms with Gasteiger partial charge in [-0.15, -0.1) is 0 Å². The van der Waals surface area contributed by atoms with Crippen molar-refractivity contribution in [2.45, 2.75) is 13.5 Å². The van der Waals surface area contributed by atoms with Gasteiger partial charge in [0.25, 0.3) is 5.56 Å². The molecule has 1 heterocycles. The summed E-state index contributed by atoms with van der Waals surface area (Å²) in [6.07, 6.45) is 1.06. The van der Waals surface area contributed by atoms with E-state index in [-0.39, 0.29) is 17.9 Å². The fraction of sp³-hybridized carbons (Fsp3) is 0.400. The lowest BCUT2D eigenvalue weighted by molar-refractivity contribution is 0.0694. The SMILES string of the molecule is Cc1ccc(C(=O)O)c(=O)n1CCS(C)(=O)=O. The van der Waals surface area contributed by atoms with Gasteiger partial charge in [0, 0.05) is 18.5 Å². The lowest BCUT2D eigenvalue weighted by Gasteiger charge is -2.09. The summed E-state index contributed by atoms with van der Waals surface area (Å²) in [7, 11) is -3.20. The third-order valence-electron chi connectivity index (χ3n) is 2.31. The first-order chi connectivity index (χ1) is 7.72. The molecule has 0 amide bonds. The van der Waals surface area contributed by atoms with Crippen LogP contribution >= 0.6 is 0 Å². The summed E-state index contributed by atoms with van der Waals surface area (Å²) in [6.45, 7) is 1.58. The van der Waals surface area contributed by atoms with Gasteiger partial charge >= 0.3 is 5.97 Å². The summed E-state index contributed by atoms with van der Waals surface area (Å²) in [5, 5.41) is 8.78. The molecular formula is C10H13NO5S. The van der Waals surface area contributed by atoms with E-state index in [9.17, 15) is 18.0 Å². The predicted octanol–water partition coefficient (Wildman–Crippen LogP) is -0.100. The Morgan fingerprint density at radius 1 is 1.41 bits per heavy atom. The summed E-state index contributed by atoms with van der Waals surface area (Å²) in [4.78, 5) is 22.5. The van der Waals surface area contributed by atoms with Crippen LogP contribution in [0.5, 0.6) is 0 Å². The molecule has 0 aliphatic heterocycles. The Balaban J connectivity index is 3.19. The zero-order chi connectivity index (χ0) is 13.2. The predicted molar refractivity (Wildman–Crippen MR) is 62.1 cm³/mol. The number of rotatable bonds is 4. The Morgan fingerprint density at radius 3 is 2.47 bits per heavy atom. The van der Waals surface area contributed by atoms with Gasteiger partial charge in [-0.25, -0.2) is 13.2 Å². The maximum absolute atomic E-state index is 11.7. The molecule has 0 bridgehead atoms. The number of sulfone groups is 1. The van der Waals surface area contributed by atoms with Crippen molar-refractivity contribution in [2.24, 2.45) is 0 Å². The average Bonchev–Trinajstić information content (AvgIpc) is 2.14. The van der Waals surface area contributed by atoms with E-state index in [2.05, 4.69) is 0 Å². The van der Waals surface area contributed by atoms with Gasteiger partial charge in [-0.05, 0) is 19.1 Å². The number of carboxylic acids is 1. The van der Waals surface area contributed by atoms with Gasteiger partial charge in [0.05, 0.1) is 5.75 Å². The van der Waals surface area contributed by atoms with Crippen LogP contribution in [0.2, 0.25) is 0 Å². The molecule has 6 nitrogen and oxygen atoms in total. The third-order valence-corrected chi connectivity index (χ3v) is 3.23. The number of hydrogen-bond acceptors (Lipinski definition) is 4. The van der Waals surface area contributed by atoms with E-state index in [1.807, 2.05) is 0 Å². The zero-order valence-electron chi connectivity index (χ0n) is 9.50. The molecule has 1 aromatic rings. The van der Waals surface area contributed by atoms with Crippen molar-refractivity contribution in [1.29, 1.82) is 0 Å². The third kappa shape index (κ3) is 3.42. The highest BCUT2D eigenvalue weighted by atomic mass is 32.2. The van der Waals surface area contributed by atoms with Crippen molar-refractivity contribution in [3.63, 3.8) is 0 Å². The number of aromatic carboxylic acids is 1. The van der Waals surface area contributed by atoms with Crippen LogP contribution in [-0.4, -0.2) is 36.1 Å². The van der Waals surface area contributed by atoms with Crippen LogP contribution in [0.3, 0.4) is 0 Å². The van der Waals surface area contributed by atoms with Crippen molar-refractivity contribution in [1.82, 2.24) is 4.57 Å². The van der Waals surface area contributed by atoms with Gasteiger partial charge in [0.2, 0.25) is 0 Å². The summed E-state index contributed by atoms with van der Waals surface area (Å²) in [5.41, 5.74) is -0.506. The molecule has 0 atom stereocenters. The number of carboxylic acid groups (broad SMARTS) is 1. The monoisotopic (exact) mass is 259 g/mol. The molecule has 94 valence electrons. The van der Waals surface area contributed by atoms with E-state index in [4.69, 9.17) is 5.11 Å². The standard InChI is InChI=1S/C10H13NO5S/c1-7-3-4-8(10(13)14)9(12)11(7)5-6-17(2,15)16/h3-4H,5-6H2,1-2H3,(H,13,14). The molecule has 0 saturated heterocycles. The fourth-order valence-corrected chi connectivity index (χ4v) is 1.88. The molecule has 1 rings (SSSR count). The largest absolute Gasteiger partial charge is 0.477 e. The fourth-order valence-electron chi connectivity index (χ4n) is 1.37. The summed E-state index contributed by atoms with van der Waals surface area (Å²) in [6, 6.07) is 2.70. The molecule has 17 heavy (non-hydrogen) atoms. The molecule has 0 unspecified atom stereocenters. The van der Waals surface area contributed by atoms with Crippen LogP contribution in [0, 0.1) is 6.92 Å².